The summed E-state index contributed by atoms with van der Waals surface area (Å²) < 4.78 is 19.9. The molecule has 1 N–H and O–H groups in total. The van der Waals surface area contributed by atoms with Crippen molar-refractivity contribution < 1.29 is 8.95 Å². The maximum Gasteiger partial charge on any atom is 0.142 e. The number of ether oxygens (including phenoxy) is 1. The van der Waals surface area contributed by atoms with Gasteiger partial charge in [-0.3, -0.25) is 0 Å². The molecule has 1 aromatic carbocycles. The summed E-state index contributed by atoms with van der Waals surface area (Å²) in [7, 11) is 0.546. The van der Waals surface area contributed by atoms with E-state index >= 15 is 0 Å². The Hall–Kier alpha value is -1.03. The van der Waals surface area contributed by atoms with Crippen molar-refractivity contribution in [1.29, 1.82) is 0 Å². The van der Waals surface area contributed by atoms with E-state index in [1.165, 1.54) is 0 Å². The van der Waals surface area contributed by atoms with Gasteiger partial charge in [-0.05, 0) is 25.5 Å². The van der Waals surface area contributed by atoms with Gasteiger partial charge in [0.05, 0.1) is 18.0 Å². The summed E-state index contributed by atoms with van der Waals surface area (Å²) in [5.41, 5.74) is 0.777. The van der Waals surface area contributed by atoms with Crippen LogP contribution in [0.5, 0.6) is 5.75 Å². The van der Waals surface area contributed by atoms with Crippen molar-refractivity contribution in [3.63, 3.8) is 0 Å². The molecule has 2 atom stereocenters. The van der Waals surface area contributed by atoms with Crippen molar-refractivity contribution in [3.05, 3.63) is 24.3 Å². The Morgan fingerprint density at radius 3 is 2.73 bits per heavy atom. The Morgan fingerprint density at radius 1 is 1.47 bits per heavy atom. The second-order valence-corrected chi connectivity index (χ2v) is 4.92. The molecule has 3 nitrogen and oxygen atoms in total. The second kappa shape index (κ2) is 5.75. The molecule has 84 valence electrons. The molecule has 4 heteroatoms. The van der Waals surface area contributed by atoms with E-state index in [-0.39, 0.29) is 5.25 Å². The first-order valence-electron chi connectivity index (χ1n) is 4.99. The Labute approximate surface area is 93.4 Å². The van der Waals surface area contributed by atoms with Crippen molar-refractivity contribution in [2.24, 2.45) is 0 Å². The Kier molecular flexibility index (Phi) is 4.62. The smallest absolute Gasteiger partial charge is 0.142 e. The molecule has 15 heavy (non-hydrogen) atoms. The SMILES string of the molecule is CC[C@H](C)[S@@](=O)Nc1ccccc1OC. The standard InChI is InChI=1S/C11H17NO2S/c1-4-9(2)15(13)12-10-7-5-6-8-11(10)14-3/h5-9,12H,4H2,1-3H3/t9-,15+/m0/s1. The number of nitrogens with one attached hydrogen (secondary N) is 1. The molecule has 0 unspecified atom stereocenters. The molecular formula is C11H17NO2S. The zero-order valence-electron chi connectivity index (χ0n) is 9.32. The number of methoxy groups -OCH3 is 1. The lowest BCUT2D eigenvalue weighted by molar-refractivity contribution is 0.417. The molecule has 0 spiro atoms. The summed E-state index contributed by atoms with van der Waals surface area (Å²) in [6, 6.07) is 7.48. The van der Waals surface area contributed by atoms with Gasteiger partial charge < -0.3 is 9.46 Å². The molecule has 0 amide bonds. The minimum absolute atomic E-state index is 0.134. The molecule has 0 saturated heterocycles. The summed E-state index contributed by atoms with van der Waals surface area (Å²) in [6.45, 7) is 3.98. The fourth-order valence-corrected chi connectivity index (χ4v) is 1.98. The van der Waals surface area contributed by atoms with Crippen LogP contribution in [0.1, 0.15) is 20.3 Å². The quantitative estimate of drug-likeness (QED) is 0.839. The number of hydrogen-bond donors (Lipinski definition) is 1. The van der Waals surface area contributed by atoms with Crippen LogP contribution in [0, 0.1) is 0 Å². The van der Waals surface area contributed by atoms with Crippen LogP contribution in [0.15, 0.2) is 24.3 Å². The number of benzene rings is 1. The van der Waals surface area contributed by atoms with Gasteiger partial charge in [0.2, 0.25) is 0 Å². The molecular weight excluding hydrogens is 210 g/mol. The molecule has 0 aromatic heterocycles. The maximum absolute atomic E-state index is 11.8. The van der Waals surface area contributed by atoms with E-state index in [0.29, 0.717) is 5.75 Å². The van der Waals surface area contributed by atoms with Crippen LogP contribution in [0.25, 0.3) is 0 Å². The number of hydrogen-bond acceptors (Lipinski definition) is 2. The van der Waals surface area contributed by atoms with E-state index in [1.54, 1.807) is 7.11 Å². The van der Waals surface area contributed by atoms with Crippen molar-refractivity contribution in [2.45, 2.75) is 25.5 Å². The van der Waals surface area contributed by atoms with Gasteiger partial charge in [0.1, 0.15) is 16.7 Å². The normalized spacial score (nSPS) is 14.3. The highest BCUT2D eigenvalue weighted by Crippen LogP contribution is 2.24. The highest BCUT2D eigenvalue weighted by Gasteiger charge is 2.10. The van der Waals surface area contributed by atoms with E-state index in [0.717, 1.165) is 12.1 Å². The van der Waals surface area contributed by atoms with Crippen LogP contribution in [-0.2, 0) is 11.0 Å². The number of para-hydroxylation sites is 2. The van der Waals surface area contributed by atoms with Crippen molar-refractivity contribution in [3.8, 4) is 5.75 Å². The van der Waals surface area contributed by atoms with Crippen LogP contribution < -0.4 is 9.46 Å². The van der Waals surface area contributed by atoms with Crippen LogP contribution in [-0.4, -0.2) is 16.6 Å². The average molecular weight is 227 g/mol. The zero-order valence-corrected chi connectivity index (χ0v) is 10.1. The lowest BCUT2D eigenvalue weighted by atomic mass is 10.3. The topological polar surface area (TPSA) is 38.3 Å². The second-order valence-electron chi connectivity index (χ2n) is 3.32. The summed E-state index contributed by atoms with van der Waals surface area (Å²) in [5.74, 6) is 0.717. The lowest BCUT2D eigenvalue weighted by Gasteiger charge is -2.13. The summed E-state index contributed by atoms with van der Waals surface area (Å²) in [5, 5.41) is 0.134. The molecule has 1 aromatic rings. The largest absolute Gasteiger partial charge is 0.495 e. The Morgan fingerprint density at radius 2 is 2.13 bits per heavy atom. The third kappa shape index (κ3) is 3.23. The van der Waals surface area contributed by atoms with Gasteiger partial charge in [0.15, 0.2) is 0 Å². The fraction of sp³-hybridized carbons (Fsp3) is 0.455. The Bertz CT molecular complexity index is 341. The van der Waals surface area contributed by atoms with Gasteiger partial charge in [-0.1, -0.05) is 19.1 Å². The third-order valence-electron chi connectivity index (χ3n) is 2.26. The average Bonchev–Trinajstić information content (AvgIpc) is 2.28. The van der Waals surface area contributed by atoms with Gasteiger partial charge in [0.25, 0.3) is 0 Å². The van der Waals surface area contributed by atoms with Gasteiger partial charge in [0, 0.05) is 0 Å². The zero-order chi connectivity index (χ0) is 11.3. The van der Waals surface area contributed by atoms with Crippen LogP contribution in [0.3, 0.4) is 0 Å². The third-order valence-corrected chi connectivity index (χ3v) is 3.74. The minimum Gasteiger partial charge on any atom is -0.495 e. The fourth-order valence-electron chi connectivity index (χ4n) is 1.09. The molecule has 1 rings (SSSR count). The highest BCUT2D eigenvalue weighted by molar-refractivity contribution is 7.87. The van der Waals surface area contributed by atoms with Crippen LogP contribution >= 0.6 is 0 Å². The van der Waals surface area contributed by atoms with Crippen molar-refractivity contribution >= 4 is 16.7 Å². The van der Waals surface area contributed by atoms with E-state index in [1.807, 2.05) is 38.1 Å². The van der Waals surface area contributed by atoms with Crippen LogP contribution in [0.4, 0.5) is 5.69 Å². The van der Waals surface area contributed by atoms with Gasteiger partial charge in [-0.2, -0.15) is 0 Å². The summed E-state index contributed by atoms with van der Waals surface area (Å²) in [6.07, 6.45) is 0.884. The van der Waals surface area contributed by atoms with E-state index in [2.05, 4.69) is 4.72 Å². The number of anilines is 1. The van der Waals surface area contributed by atoms with Crippen LogP contribution in [0.2, 0.25) is 0 Å². The first-order chi connectivity index (χ1) is 7.19. The predicted molar refractivity (Wildman–Crippen MR) is 64.5 cm³/mol. The molecule has 0 heterocycles. The lowest BCUT2D eigenvalue weighted by Crippen LogP contribution is -2.17. The van der Waals surface area contributed by atoms with Gasteiger partial charge in [-0.15, -0.1) is 0 Å². The van der Waals surface area contributed by atoms with E-state index in [9.17, 15) is 4.21 Å². The minimum atomic E-state index is -1.06. The van der Waals surface area contributed by atoms with E-state index < -0.39 is 11.0 Å². The molecule has 0 aliphatic carbocycles. The highest BCUT2D eigenvalue weighted by atomic mass is 32.2. The Balaban J connectivity index is 2.76. The summed E-state index contributed by atoms with van der Waals surface area (Å²) in [4.78, 5) is 0. The molecule has 0 fully saturated rings. The number of rotatable bonds is 5. The van der Waals surface area contributed by atoms with Gasteiger partial charge in [-0.25, -0.2) is 4.21 Å². The molecule has 0 bridgehead atoms. The summed E-state index contributed by atoms with van der Waals surface area (Å²) >= 11 is 0. The molecule has 0 radical (unpaired) electrons. The van der Waals surface area contributed by atoms with Gasteiger partial charge >= 0.3 is 0 Å². The molecule has 0 aliphatic heterocycles. The van der Waals surface area contributed by atoms with E-state index in [4.69, 9.17) is 4.74 Å². The molecule has 0 saturated carbocycles. The van der Waals surface area contributed by atoms with Crippen molar-refractivity contribution in [2.75, 3.05) is 11.8 Å². The first kappa shape index (κ1) is 12.0. The van der Waals surface area contributed by atoms with Crippen molar-refractivity contribution in [1.82, 2.24) is 0 Å². The molecule has 0 aliphatic rings. The monoisotopic (exact) mass is 227 g/mol. The predicted octanol–water partition coefficient (Wildman–Crippen LogP) is 2.57. The first-order valence-corrected chi connectivity index (χ1v) is 6.20. The maximum atomic E-state index is 11.8.